The second-order valence-corrected chi connectivity index (χ2v) is 4.39. The summed E-state index contributed by atoms with van der Waals surface area (Å²) >= 11 is 7.23. The quantitative estimate of drug-likeness (QED) is 0.791. The van der Waals surface area contributed by atoms with Crippen molar-refractivity contribution >= 4 is 23.4 Å². The maximum Gasteiger partial charge on any atom is 0.142 e. The van der Waals surface area contributed by atoms with Crippen LogP contribution in [0.2, 0.25) is 5.02 Å². The Morgan fingerprint density at radius 2 is 2.21 bits per heavy atom. The number of hydrogen-bond acceptors (Lipinski definition) is 2. The normalized spacial score (nSPS) is 10.5. The minimum Gasteiger partial charge on any atom is -0.396 e. The number of halogens is 2. The van der Waals surface area contributed by atoms with Gasteiger partial charge in [-0.2, -0.15) is 11.8 Å². The zero-order chi connectivity index (χ0) is 10.4. The summed E-state index contributed by atoms with van der Waals surface area (Å²) in [7, 11) is 0. The van der Waals surface area contributed by atoms with Crippen LogP contribution in [0.1, 0.15) is 12.0 Å². The van der Waals surface area contributed by atoms with E-state index in [-0.39, 0.29) is 17.4 Å². The van der Waals surface area contributed by atoms with Gasteiger partial charge in [0.05, 0.1) is 5.02 Å². The van der Waals surface area contributed by atoms with Crippen LogP contribution in [0, 0.1) is 5.82 Å². The van der Waals surface area contributed by atoms with Crippen molar-refractivity contribution in [2.45, 2.75) is 12.2 Å². The van der Waals surface area contributed by atoms with Crippen LogP contribution in [0.25, 0.3) is 0 Å². The molecule has 0 aliphatic rings. The van der Waals surface area contributed by atoms with Gasteiger partial charge in [-0.05, 0) is 29.9 Å². The molecule has 1 nitrogen and oxygen atoms in total. The van der Waals surface area contributed by atoms with E-state index in [9.17, 15) is 4.39 Å². The smallest absolute Gasteiger partial charge is 0.142 e. The lowest BCUT2D eigenvalue weighted by Crippen LogP contribution is -1.88. The molecule has 78 valence electrons. The molecular formula is C10H12ClFOS. The molecule has 0 heterocycles. The predicted molar refractivity (Wildman–Crippen MR) is 59.3 cm³/mol. The van der Waals surface area contributed by atoms with Gasteiger partial charge in [-0.25, -0.2) is 4.39 Å². The highest BCUT2D eigenvalue weighted by molar-refractivity contribution is 7.98. The minimum atomic E-state index is -0.369. The van der Waals surface area contributed by atoms with Crippen LogP contribution in [0.4, 0.5) is 4.39 Å². The van der Waals surface area contributed by atoms with Crippen LogP contribution in [0.5, 0.6) is 0 Å². The molecule has 0 fully saturated rings. The van der Waals surface area contributed by atoms with Crippen LogP contribution in [0.3, 0.4) is 0 Å². The summed E-state index contributed by atoms with van der Waals surface area (Å²) in [5.41, 5.74) is 0.926. The Hall–Kier alpha value is -0.250. The van der Waals surface area contributed by atoms with Crippen molar-refractivity contribution in [1.82, 2.24) is 0 Å². The highest BCUT2D eigenvalue weighted by atomic mass is 35.5. The summed E-state index contributed by atoms with van der Waals surface area (Å²) in [6.07, 6.45) is 0.779. The SMILES string of the molecule is OCCCSCc1ccc(Cl)c(F)c1. The fourth-order valence-corrected chi connectivity index (χ4v) is 2.00. The van der Waals surface area contributed by atoms with E-state index in [1.54, 1.807) is 17.8 Å². The van der Waals surface area contributed by atoms with E-state index in [1.807, 2.05) is 6.07 Å². The first-order chi connectivity index (χ1) is 6.74. The fraction of sp³-hybridized carbons (Fsp3) is 0.400. The van der Waals surface area contributed by atoms with Gasteiger partial charge >= 0.3 is 0 Å². The van der Waals surface area contributed by atoms with Crippen LogP contribution in [0.15, 0.2) is 18.2 Å². The van der Waals surface area contributed by atoms with Crippen molar-refractivity contribution in [2.24, 2.45) is 0 Å². The third kappa shape index (κ3) is 3.86. The molecule has 14 heavy (non-hydrogen) atoms. The molecule has 0 aliphatic heterocycles. The van der Waals surface area contributed by atoms with E-state index < -0.39 is 0 Å². The average Bonchev–Trinajstić information content (AvgIpc) is 2.18. The maximum absolute atomic E-state index is 13.0. The van der Waals surface area contributed by atoms with Crippen molar-refractivity contribution in [2.75, 3.05) is 12.4 Å². The van der Waals surface area contributed by atoms with Gasteiger partial charge in [-0.3, -0.25) is 0 Å². The van der Waals surface area contributed by atoms with Crippen LogP contribution >= 0.6 is 23.4 Å². The molecule has 1 aromatic carbocycles. The first-order valence-electron chi connectivity index (χ1n) is 4.36. The molecule has 0 aliphatic carbocycles. The fourth-order valence-electron chi connectivity index (χ4n) is 0.986. The lowest BCUT2D eigenvalue weighted by atomic mass is 10.2. The Morgan fingerprint density at radius 3 is 2.86 bits per heavy atom. The molecule has 1 N–H and O–H groups in total. The highest BCUT2D eigenvalue weighted by Crippen LogP contribution is 2.19. The van der Waals surface area contributed by atoms with E-state index in [0.29, 0.717) is 0 Å². The molecule has 0 saturated carbocycles. The number of rotatable bonds is 5. The molecule has 0 bridgehead atoms. The third-order valence-electron chi connectivity index (χ3n) is 1.70. The molecule has 0 aromatic heterocycles. The second kappa shape index (κ2) is 6.27. The standard InChI is InChI=1S/C10H12ClFOS/c11-9-3-2-8(6-10(9)12)7-14-5-1-4-13/h2-3,6,13H,1,4-5,7H2. The Labute approximate surface area is 92.3 Å². The van der Waals surface area contributed by atoms with Gasteiger partial charge in [0.1, 0.15) is 5.82 Å². The van der Waals surface area contributed by atoms with Crippen molar-refractivity contribution in [3.8, 4) is 0 Å². The average molecular weight is 235 g/mol. The van der Waals surface area contributed by atoms with E-state index in [0.717, 1.165) is 23.5 Å². The number of hydrogen-bond donors (Lipinski definition) is 1. The molecule has 4 heteroatoms. The number of thioether (sulfide) groups is 1. The van der Waals surface area contributed by atoms with E-state index in [1.165, 1.54) is 6.07 Å². The van der Waals surface area contributed by atoms with Gasteiger partial charge in [0, 0.05) is 12.4 Å². The Morgan fingerprint density at radius 1 is 1.43 bits per heavy atom. The number of aliphatic hydroxyl groups is 1. The van der Waals surface area contributed by atoms with Gasteiger partial charge in [0.2, 0.25) is 0 Å². The highest BCUT2D eigenvalue weighted by Gasteiger charge is 2.00. The molecule has 0 amide bonds. The van der Waals surface area contributed by atoms with Gasteiger partial charge in [0.25, 0.3) is 0 Å². The predicted octanol–water partition coefficient (Wildman–Crippen LogP) is 3.09. The van der Waals surface area contributed by atoms with Crippen LogP contribution in [-0.4, -0.2) is 17.5 Å². The molecule has 0 atom stereocenters. The van der Waals surface area contributed by atoms with Crippen LogP contribution in [-0.2, 0) is 5.75 Å². The number of benzene rings is 1. The Balaban J connectivity index is 2.39. The van der Waals surface area contributed by atoms with E-state index >= 15 is 0 Å². The molecule has 0 saturated heterocycles. The summed E-state index contributed by atoms with van der Waals surface area (Å²) in [5, 5.41) is 8.71. The summed E-state index contributed by atoms with van der Waals surface area (Å²) in [6, 6.07) is 4.84. The second-order valence-electron chi connectivity index (χ2n) is 2.88. The zero-order valence-corrected chi connectivity index (χ0v) is 9.24. The topological polar surface area (TPSA) is 20.2 Å². The molecule has 0 unspecified atom stereocenters. The van der Waals surface area contributed by atoms with E-state index in [4.69, 9.17) is 16.7 Å². The lowest BCUT2D eigenvalue weighted by Gasteiger charge is -2.02. The van der Waals surface area contributed by atoms with Crippen molar-refractivity contribution in [1.29, 1.82) is 0 Å². The molecular weight excluding hydrogens is 223 g/mol. The first-order valence-corrected chi connectivity index (χ1v) is 5.90. The first kappa shape index (κ1) is 11.8. The maximum atomic E-state index is 13.0. The van der Waals surface area contributed by atoms with Gasteiger partial charge in [-0.1, -0.05) is 17.7 Å². The Kier molecular flexibility index (Phi) is 5.30. The largest absolute Gasteiger partial charge is 0.396 e. The molecule has 0 spiro atoms. The van der Waals surface area contributed by atoms with E-state index in [2.05, 4.69) is 0 Å². The summed E-state index contributed by atoms with van der Waals surface area (Å²) in [6.45, 7) is 0.210. The zero-order valence-electron chi connectivity index (χ0n) is 7.67. The third-order valence-corrected chi connectivity index (χ3v) is 3.12. The van der Waals surface area contributed by atoms with Gasteiger partial charge < -0.3 is 5.11 Å². The summed E-state index contributed by atoms with van der Waals surface area (Å²) in [5.74, 6) is 1.28. The minimum absolute atomic E-state index is 0.161. The number of aliphatic hydroxyl groups excluding tert-OH is 1. The van der Waals surface area contributed by atoms with Crippen molar-refractivity contribution in [3.63, 3.8) is 0 Å². The van der Waals surface area contributed by atoms with Gasteiger partial charge in [0.15, 0.2) is 0 Å². The van der Waals surface area contributed by atoms with Crippen LogP contribution < -0.4 is 0 Å². The van der Waals surface area contributed by atoms with Crippen molar-refractivity contribution < 1.29 is 9.50 Å². The van der Waals surface area contributed by atoms with Gasteiger partial charge in [-0.15, -0.1) is 0 Å². The summed E-state index contributed by atoms with van der Waals surface area (Å²) < 4.78 is 13.0. The monoisotopic (exact) mass is 234 g/mol. The molecule has 0 radical (unpaired) electrons. The Bertz CT molecular complexity index is 293. The van der Waals surface area contributed by atoms with Crippen molar-refractivity contribution in [3.05, 3.63) is 34.6 Å². The molecule has 1 aromatic rings. The summed E-state index contributed by atoms with van der Waals surface area (Å²) in [4.78, 5) is 0. The lowest BCUT2D eigenvalue weighted by molar-refractivity contribution is 0.296. The molecule has 1 rings (SSSR count).